The quantitative estimate of drug-likeness (QED) is 0.644. The maximum Gasteiger partial charge on any atom is 0.0438 e. The van der Waals surface area contributed by atoms with Gasteiger partial charge in [0.25, 0.3) is 0 Å². The third-order valence-electron chi connectivity index (χ3n) is 3.62. The summed E-state index contributed by atoms with van der Waals surface area (Å²) >= 11 is 0. The molecule has 1 aromatic carbocycles. The Labute approximate surface area is 80.0 Å². The smallest absolute Gasteiger partial charge is 0.0438 e. The molecule has 1 nitrogen and oxygen atoms in total. The highest BCUT2D eigenvalue weighted by molar-refractivity contribution is 5.40. The molecule has 0 heterocycles. The zero-order valence-corrected chi connectivity index (χ0v) is 8.59. The van der Waals surface area contributed by atoms with Gasteiger partial charge in [0.05, 0.1) is 0 Å². The van der Waals surface area contributed by atoms with E-state index in [1.54, 1.807) is 0 Å². The van der Waals surface area contributed by atoms with E-state index in [1.165, 1.54) is 11.1 Å². The molecule has 1 heteroatoms. The Bertz CT molecular complexity index is 337. The van der Waals surface area contributed by atoms with Crippen LogP contribution in [-0.2, 0) is 12.0 Å². The van der Waals surface area contributed by atoms with E-state index < -0.39 is 0 Å². The van der Waals surface area contributed by atoms with Crippen molar-refractivity contribution in [1.82, 2.24) is 0 Å². The third-order valence-corrected chi connectivity index (χ3v) is 3.62. The van der Waals surface area contributed by atoms with E-state index in [0.717, 1.165) is 6.42 Å². The van der Waals surface area contributed by atoms with Crippen LogP contribution in [0.1, 0.15) is 31.9 Å². The van der Waals surface area contributed by atoms with Crippen molar-refractivity contribution >= 4 is 0 Å². The van der Waals surface area contributed by atoms with Gasteiger partial charge >= 0.3 is 0 Å². The van der Waals surface area contributed by atoms with Gasteiger partial charge in [-0.1, -0.05) is 38.1 Å². The van der Waals surface area contributed by atoms with Crippen molar-refractivity contribution in [3.63, 3.8) is 0 Å². The van der Waals surface area contributed by atoms with Crippen LogP contribution in [0.15, 0.2) is 24.3 Å². The Hall–Kier alpha value is -0.820. The van der Waals surface area contributed by atoms with Crippen molar-refractivity contribution in [2.75, 3.05) is 0 Å². The Morgan fingerprint density at radius 3 is 2.38 bits per heavy atom. The first-order valence-electron chi connectivity index (χ1n) is 4.82. The summed E-state index contributed by atoms with van der Waals surface area (Å²) in [5.74, 6) is 0. The van der Waals surface area contributed by atoms with Crippen LogP contribution in [0.5, 0.6) is 0 Å². The Morgan fingerprint density at radius 2 is 1.77 bits per heavy atom. The molecule has 2 N–H and O–H groups in total. The van der Waals surface area contributed by atoms with E-state index in [2.05, 4.69) is 45.0 Å². The first kappa shape index (κ1) is 8.76. The summed E-state index contributed by atoms with van der Waals surface area (Å²) in [7, 11) is 0. The fourth-order valence-corrected chi connectivity index (χ4v) is 2.21. The Kier molecular flexibility index (Phi) is 1.59. The summed E-state index contributed by atoms with van der Waals surface area (Å²) in [5.41, 5.74) is 9.10. The lowest BCUT2D eigenvalue weighted by atomic mass is 9.75. The molecular formula is C12H17N. The first-order valence-corrected chi connectivity index (χ1v) is 4.82. The third kappa shape index (κ3) is 1.03. The lowest BCUT2D eigenvalue weighted by molar-refractivity contribution is 0.211. The second-order valence-corrected chi connectivity index (χ2v) is 4.92. The van der Waals surface area contributed by atoms with Crippen LogP contribution in [0.2, 0.25) is 0 Å². The standard InChI is InChI=1S/C12H17N/c1-11(2)8-9-6-4-5-7-10(9)12(11,3)13/h4-7H,8,13H2,1-3H3. The number of benzene rings is 1. The van der Waals surface area contributed by atoms with Gasteiger partial charge < -0.3 is 5.73 Å². The van der Waals surface area contributed by atoms with Gasteiger partial charge in [0.15, 0.2) is 0 Å². The maximum absolute atomic E-state index is 6.37. The highest BCUT2D eigenvalue weighted by Gasteiger charge is 2.45. The molecule has 1 aromatic rings. The summed E-state index contributed by atoms with van der Waals surface area (Å²) in [5, 5.41) is 0. The summed E-state index contributed by atoms with van der Waals surface area (Å²) in [6.07, 6.45) is 1.09. The predicted octanol–water partition coefficient (Wildman–Crippen LogP) is 2.44. The number of hydrogen-bond acceptors (Lipinski definition) is 1. The Morgan fingerprint density at radius 1 is 1.15 bits per heavy atom. The minimum Gasteiger partial charge on any atom is -0.321 e. The molecule has 70 valence electrons. The molecule has 2 rings (SSSR count). The number of fused-ring (bicyclic) bond motifs is 1. The van der Waals surface area contributed by atoms with E-state index in [0.29, 0.717) is 0 Å². The van der Waals surface area contributed by atoms with Gasteiger partial charge in [0.2, 0.25) is 0 Å². The number of hydrogen-bond donors (Lipinski definition) is 1. The van der Waals surface area contributed by atoms with Crippen LogP contribution < -0.4 is 5.73 Å². The van der Waals surface area contributed by atoms with Crippen LogP contribution in [-0.4, -0.2) is 0 Å². The summed E-state index contributed by atoms with van der Waals surface area (Å²) in [4.78, 5) is 0. The fourth-order valence-electron chi connectivity index (χ4n) is 2.21. The lowest BCUT2D eigenvalue weighted by Crippen LogP contribution is -2.43. The highest BCUT2D eigenvalue weighted by atomic mass is 14.8. The molecule has 0 saturated heterocycles. The molecule has 13 heavy (non-hydrogen) atoms. The SMILES string of the molecule is CC1(C)Cc2ccccc2C1(C)N. The van der Waals surface area contributed by atoms with Crippen molar-refractivity contribution in [1.29, 1.82) is 0 Å². The fraction of sp³-hybridized carbons (Fsp3) is 0.500. The van der Waals surface area contributed by atoms with E-state index in [9.17, 15) is 0 Å². The summed E-state index contributed by atoms with van der Waals surface area (Å²) in [6.45, 7) is 6.62. The molecule has 0 spiro atoms. The summed E-state index contributed by atoms with van der Waals surface area (Å²) < 4.78 is 0. The van der Waals surface area contributed by atoms with E-state index >= 15 is 0 Å². The van der Waals surface area contributed by atoms with Crippen molar-refractivity contribution in [3.8, 4) is 0 Å². The van der Waals surface area contributed by atoms with Crippen molar-refractivity contribution in [2.45, 2.75) is 32.7 Å². The zero-order chi connectivity index (χ0) is 9.69. The molecule has 0 aromatic heterocycles. The maximum atomic E-state index is 6.37. The molecule has 1 aliphatic carbocycles. The number of rotatable bonds is 0. The normalized spacial score (nSPS) is 30.2. The second kappa shape index (κ2) is 2.36. The van der Waals surface area contributed by atoms with Crippen molar-refractivity contribution in [2.24, 2.45) is 11.1 Å². The molecule has 1 atom stereocenters. The van der Waals surface area contributed by atoms with Crippen LogP contribution in [0, 0.1) is 5.41 Å². The second-order valence-electron chi connectivity index (χ2n) is 4.92. The molecular weight excluding hydrogens is 158 g/mol. The van der Waals surface area contributed by atoms with Gasteiger partial charge in [-0.3, -0.25) is 0 Å². The van der Waals surface area contributed by atoms with E-state index in [4.69, 9.17) is 5.73 Å². The highest BCUT2D eigenvalue weighted by Crippen LogP contribution is 2.47. The number of nitrogens with two attached hydrogens (primary N) is 1. The van der Waals surface area contributed by atoms with Gasteiger partial charge in [-0.25, -0.2) is 0 Å². The minimum absolute atomic E-state index is 0.177. The van der Waals surface area contributed by atoms with E-state index in [-0.39, 0.29) is 11.0 Å². The molecule has 0 bridgehead atoms. The van der Waals surface area contributed by atoms with Gasteiger partial charge in [0, 0.05) is 5.54 Å². The van der Waals surface area contributed by atoms with Gasteiger partial charge in [-0.2, -0.15) is 0 Å². The molecule has 0 saturated carbocycles. The van der Waals surface area contributed by atoms with E-state index in [1.807, 2.05) is 0 Å². The molecule has 1 unspecified atom stereocenters. The average Bonchev–Trinajstić information content (AvgIpc) is 2.20. The lowest BCUT2D eigenvalue weighted by Gasteiger charge is -2.35. The first-order chi connectivity index (χ1) is 5.95. The van der Waals surface area contributed by atoms with Gasteiger partial charge in [-0.05, 0) is 29.9 Å². The minimum atomic E-state index is -0.177. The van der Waals surface area contributed by atoms with Gasteiger partial charge in [0.1, 0.15) is 0 Å². The van der Waals surface area contributed by atoms with Crippen LogP contribution in [0.3, 0.4) is 0 Å². The molecule has 0 aliphatic heterocycles. The largest absolute Gasteiger partial charge is 0.321 e. The predicted molar refractivity (Wildman–Crippen MR) is 55.5 cm³/mol. The van der Waals surface area contributed by atoms with Crippen LogP contribution in [0.4, 0.5) is 0 Å². The molecule has 0 radical (unpaired) electrons. The monoisotopic (exact) mass is 175 g/mol. The van der Waals surface area contributed by atoms with Crippen molar-refractivity contribution in [3.05, 3.63) is 35.4 Å². The topological polar surface area (TPSA) is 26.0 Å². The average molecular weight is 175 g/mol. The van der Waals surface area contributed by atoms with Crippen LogP contribution in [0.25, 0.3) is 0 Å². The molecule has 0 fully saturated rings. The zero-order valence-electron chi connectivity index (χ0n) is 8.59. The molecule has 1 aliphatic rings. The van der Waals surface area contributed by atoms with Crippen LogP contribution >= 0.6 is 0 Å². The molecule has 0 amide bonds. The summed E-state index contributed by atoms with van der Waals surface area (Å²) in [6, 6.07) is 8.51. The van der Waals surface area contributed by atoms with Crippen molar-refractivity contribution < 1.29 is 0 Å². The Balaban J connectivity index is 2.60. The van der Waals surface area contributed by atoms with Gasteiger partial charge in [-0.15, -0.1) is 0 Å².